The molecule has 0 saturated heterocycles. The summed E-state index contributed by atoms with van der Waals surface area (Å²) in [6.07, 6.45) is 0. The van der Waals surface area contributed by atoms with Crippen molar-refractivity contribution in [3.05, 3.63) is 158 Å². The molecule has 0 saturated carbocycles. The second kappa shape index (κ2) is 9.22. The Labute approximate surface area is 258 Å². The van der Waals surface area contributed by atoms with E-state index in [0.717, 1.165) is 60.6 Å². The van der Waals surface area contributed by atoms with Crippen molar-refractivity contribution in [2.24, 2.45) is 0 Å². The van der Waals surface area contributed by atoms with E-state index < -0.39 is 0 Å². The number of aromatic nitrogens is 2. The van der Waals surface area contributed by atoms with E-state index in [1.165, 1.54) is 27.4 Å². The molecule has 3 heterocycles. The van der Waals surface area contributed by atoms with Gasteiger partial charge in [0.2, 0.25) is 0 Å². The minimum Gasteiger partial charge on any atom is -0.455 e. The monoisotopic (exact) mass is 574 g/mol. The van der Waals surface area contributed by atoms with Crippen molar-refractivity contribution >= 4 is 65.6 Å². The Morgan fingerprint density at radius 2 is 0.822 bits per heavy atom. The van der Waals surface area contributed by atoms with Gasteiger partial charge in [-0.1, -0.05) is 97.1 Å². The normalized spacial score (nSPS) is 12.0. The Bertz CT molecular complexity index is 2740. The molecular formula is C42H26N2O. The van der Waals surface area contributed by atoms with E-state index >= 15 is 0 Å². The quantitative estimate of drug-likeness (QED) is 0.206. The number of para-hydroxylation sites is 3. The van der Waals surface area contributed by atoms with Crippen LogP contribution in [0, 0.1) is 0 Å². The fourth-order valence-corrected chi connectivity index (χ4v) is 7.38. The fraction of sp³-hybridized carbons (Fsp3) is 0. The van der Waals surface area contributed by atoms with E-state index in [1.807, 2.05) is 0 Å². The summed E-state index contributed by atoms with van der Waals surface area (Å²) in [5.41, 5.74) is 11.2. The molecule has 0 N–H and O–H groups in total. The molecule has 3 nitrogen and oxygen atoms in total. The number of rotatable bonds is 3. The summed E-state index contributed by atoms with van der Waals surface area (Å²) in [5, 5.41) is 6.94. The summed E-state index contributed by atoms with van der Waals surface area (Å²) in [5.74, 6) is 0. The molecule has 0 aliphatic carbocycles. The third kappa shape index (κ3) is 3.41. The Balaban J connectivity index is 1.30. The fourth-order valence-electron chi connectivity index (χ4n) is 7.38. The van der Waals surface area contributed by atoms with E-state index in [1.54, 1.807) is 0 Å². The van der Waals surface area contributed by atoms with Gasteiger partial charge in [-0.15, -0.1) is 0 Å². The standard InChI is InChI=1S/C42H26N2O/c1-3-12-27(13-4-1)28-14-11-17-30(26-28)44-36-21-10-8-19-34(36)40-38(44)25-23-32-31-22-24-37-39(41(31)45-42(32)40)33-18-7-9-20-35(33)43(37)29-15-5-2-6-16-29/h1-26H. The van der Waals surface area contributed by atoms with E-state index in [0.29, 0.717) is 0 Å². The number of nitrogens with zero attached hydrogens (tertiary/aromatic N) is 2. The van der Waals surface area contributed by atoms with Crippen LogP contribution in [0.15, 0.2) is 162 Å². The van der Waals surface area contributed by atoms with Gasteiger partial charge in [0.15, 0.2) is 0 Å². The van der Waals surface area contributed by atoms with Gasteiger partial charge in [-0.2, -0.15) is 0 Å². The van der Waals surface area contributed by atoms with Crippen molar-refractivity contribution in [2.75, 3.05) is 0 Å². The molecule has 0 unspecified atom stereocenters. The number of hydrogen-bond acceptors (Lipinski definition) is 1. The highest BCUT2D eigenvalue weighted by molar-refractivity contribution is 6.28. The first-order chi connectivity index (χ1) is 22.3. The summed E-state index contributed by atoms with van der Waals surface area (Å²) in [4.78, 5) is 0. The van der Waals surface area contributed by atoms with Gasteiger partial charge in [0.1, 0.15) is 11.2 Å². The van der Waals surface area contributed by atoms with E-state index in [2.05, 4.69) is 167 Å². The molecule has 0 fully saturated rings. The topological polar surface area (TPSA) is 23.0 Å². The predicted octanol–water partition coefficient (Wildman–Crippen LogP) is 11.4. The largest absolute Gasteiger partial charge is 0.455 e. The van der Waals surface area contributed by atoms with E-state index in [4.69, 9.17) is 4.42 Å². The first-order valence-electron chi connectivity index (χ1n) is 15.4. The second-order valence-electron chi connectivity index (χ2n) is 11.7. The Hall–Kier alpha value is -6.06. The van der Waals surface area contributed by atoms with Gasteiger partial charge in [-0.05, 0) is 71.8 Å². The third-order valence-corrected chi connectivity index (χ3v) is 9.30. The summed E-state index contributed by atoms with van der Waals surface area (Å²) < 4.78 is 11.8. The smallest absolute Gasteiger partial charge is 0.145 e. The van der Waals surface area contributed by atoms with Crippen LogP contribution in [-0.4, -0.2) is 9.13 Å². The zero-order valence-corrected chi connectivity index (χ0v) is 24.3. The zero-order valence-electron chi connectivity index (χ0n) is 24.3. The molecule has 210 valence electrons. The molecule has 0 aliphatic heterocycles. The lowest BCUT2D eigenvalue weighted by Gasteiger charge is -2.10. The van der Waals surface area contributed by atoms with Crippen molar-refractivity contribution < 1.29 is 4.42 Å². The molecule has 45 heavy (non-hydrogen) atoms. The number of hydrogen-bond donors (Lipinski definition) is 0. The Morgan fingerprint density at radius 3 is 1.44 bits per heavy atom. The van der Waals surface area contributed by atoms with Crippen LogP contribution in [0.3, 0.4) is 0 Å². The maximum Gasteiger partial charge on any atom is 0.145 e. The predicted molar refractivity (Wildman–Crippen MR) is 188 cm³/mol. The van der Waals surface area contributed by atoms with Crippen LogP contribution in [0.25, 0.3) is 88.1 Å². The van der Waals surface area contributed by atoms with Crippen LogP contribution in [0.2, 0.25) is 0 Å². The van der Waals surface area contributed by atoms with Gasteiger partial charge in [0.25, 0.3) is 0 Å². The first-order valence-corrected chi connectivity index (χ1v) is 15.4. The van der Waals surface area contributed by atoms with Crippen molar-refractivity contribution in [1.29, 1.82) is 0 Å². The highest BCUT2D eigenvalue weighted by atomic mass is 16.3. The highest BCUT2D eigenvalue weighted by Crippen LogP contribution is 2.44. The first kappa shape index (κ1) is 24.4. The summed E-state index contributed by atoms with van der Waals surface area (Å²) in [6, 6.07) is 56.3. The maximum absolute atomic E-state index is 7.06. The lowest BCUT2D eigenvalue weighted by atomic mass is 10.1. The van der Waals surface area contributed by atoms with Crippen LogP contribution in [0.5, 0.6) is 0 Å². The summed E-state index contributed by atoms with van der Waals surface area (Å²) in [7, 11) is 0. The highest BCUT2D eigenvalue weighted by Gasteiger charge is 2.22. The third-order valence-electron chi connectivity index (χ3n) is 9.30. The molecule has 3 heteroatoms. The van der Waals surface area contributed by atoms with Crippen molar-refractivity contribution in [1.82, 2.24) is 9.13 Å². The molecule has 0 amide bonds. The molecule has 10 aromatic rings. The Morgan fingerprint density at radius 1 is 0.333 bits per heavy atom. The van der Waals surface area contributed by atoms with Crippen molar-refractivity contribution in [3.63, 3.8) is 0 Å². The molecule has 7 aromatic carbocycles. The number of furan rings is 1. The van der Waals surface area contributed by atoms with Crippen molar-refractivity contribution in [2.45, 2.75) is 0 Å². The minimum absolute atomic E-state index is 0.931. The molecule has 10 rings (SSSR count). The van der Waals surface area contributed by atoms with Crippen LogP contribution in [0.4, 0.5) is 0 Å². The minimum atomic E-state index is 0.931. The maximum atomic E-state index is 7.06. The van der Waals surface area contributed by atoms with Gasteiger partial charge in [0.05, 0.1) is 32.8 Å². The summed E-state index contributed by atoms with van der Waals surface area (Å²) >= 11 is 0. The van der Waals surface area contributed by atoms with Crippen LogP contribution < -0.4 is 0 Å². The van der Waals surface area contributed by atoms with Gasteiger partial charge in [-0.25, -0.2) is 0 Å². The molecule has 0 aliphatic rings. The van der Waals surface area contributed by atoms with E-state index in [9.17, 15) is 0 Å². The van der Waals surface area contributed by atoms with Crippen molar-refractivity contribution in [3.8, 4) is 22.5 Å². The second-order valence-corrected chi connectivity index (χ2v) is 11.7. The number of benzene rings is 7. The van der Waals surface area contributed by atoms with Crippen LogP contribution >= 0.6 is 0 Å². The Kier molecular flexibility index (Phi) is 5.00. The molecule has 3 aromatic heterocycles. The summed E-state index contributed by atoms with van der Waals surface area (Å²) in [6.45, 7) is 0. The molecule has 0 atom stereocenters. The molecule has 0 bridgehead atoms. The van der Waals surface area contributed by atoms with Gasteiger partial charge in [-0.3, -0.25) is 0 Å². The van der Waals surface area contributed by atoms with Gasteiger partial charge in [0, 0.05) is 32.9 Å². The zero-order chi connectivity index (χ0) is 29.5. The SMILES string of the molecule is c1ccc(-c2cccc(-n3c4ccccc4c4c5oc6c(ccc7c6c6ccccc6n7-c6ccccc6)c5ccc43)c2)cc1. The average Bonchev–Trinajstić information content (AvgIpc) is 3.76. The molecule has 0 radical (unpaired) electrons. The van der Waals surface area contributed by atoms with Crippen LogP contribution in [0.1, 0.15) is 0 Å². The lowest BCUT2D eigenvalue weighted by Crippen LogP contribution is -1.94. The molecular weight excluding hydrogens is 548 g/mol. The van der Waals surface area contributed by atoms with Crippen LogP contribution in [-0.2, 0) is 0 Å². The van der Waals surface area contributed by atoms with E-state index in [-0.39, 0.29) is 0 Å². The molecule has 0 spiro atoms. The average molecular weight is 575 g/mol. The lowest BCUT2D eigenvalue weighted by molar-refractivity contribution is 0.677. The number of fused-ring (bicyclic) bond motifs is 11. The van der Waals surface area contributed by atoms with Gasteiger partial charge >= 0.3 is 0 Å². The van der Waals surface area contributed by atoms with Gasteiger partial charge < -0.3 is 13.6 Å².